The molecule has 1 nitrogen and oxygen atoms in total. The second kappa shape index (κ2) is 3.87. The van der Waals surface area contributed by atoms with Crippen LogP contribution in [0.25, 0.3) is 11.1 Å². The van der Waals surface area contributed by atoms with Crippen LogP contribution in [0.3, 0.4) is 0 Å². The first-order chi connectivity index (χ1) is 7.50. The van der Waals surface area contributed by atoms with Gasteiger partial charge in [0.05, 0.1) is 23.1 Å². The third-order valence-corrected chi connectivity index (χ3v) is 2.54. The summed E-state index contributed by atoms with van der Waals surface area (Å²) < 4.78 is 42.5. The average molecular weight is 247 g/mol. The summed E-state index contributed by atoms with van der Waals surface area (Å²) in [6, 6.07) is 5.34. The van der Waals surface area contributed by atoms with Crippen LogP contribution in [0.4, 0.5) is 13.2 Å². The largest absolute Gasteiger partial charge is 0.472 e. The maximum Gasteiger partial charge on any atom is 0.417 e. The number of hydrogen-bond acceptors (Lipinski definition) is 1. The molecule has 0 spiro atoms. The Labute approximate surface area is 94.4 Å². The molecule has 0 aliphatic heterocycles. The molecule has 2 rings (SSSR count). The number of rotatable bonds is 1. The summed E-state index contributed by atoms with van der Waals surface area (Å²) in [6.07, 6.45) is -1.72. The molecule has 1 heterocycles. The molecular formula is C11H6ClF3O. The predicted octanol–water partition coefficient (Wildman–Crippen LogP) is 4.62. The molecule has 0 bridgehead atoms. The lowest BCUT2D eigenvalue weighted by Crippen LogP contribution is -2.06. The first-order valence-electron chi connectivity index (χ1n) is 4.38. The normalized spacial score (nSPS) is 11.8. The zero-order chi connectivity index (χ0) is 11.8. The highest BCUT2D eigenvalue weighted by Crippen LogP contribution is 2.39. The van der Waals surface area contributed by atoms with E-state index in [4.69, 9.17) is 16.0 Å². The summed E-state index contributed by atoms with van der Waals surface area (Å²) in [5.74, 6) is 0. The van der Waals surface area contributed by atoms with Crippen LogP contribution < -0.4 is 0 Å². The molecule has 0 fully saturated rings. The van der Waals surface area contributed by atoms with Gasteiger partial charge in [0.1, 0.15) is 0 Å². The lowest BCUT2D eigenvalue weighted by Gasteiger charge is -2.11. The van der Waals surface area contributed by atoms with E-state index in [1.807, 2.05) is 0 Å². The molecule has 0 unspecified atom stereocenters. The zero-order valence-corrected chi connectivity index (χ0v) is 8.64. The van der Waals surface area contributed by atoms with Crippen molar-refractivity contribution >= 4 is 11.6 Å². The first kappa shape index (κ1) is 11.1. The molecular weight excluding hydrogens is 241 g/mol. The van der Waals surface area contributed by atoms with Gasteiger partial charge < -0.3 is 4.42 Å². The minimum atomic E-state index is -4.45. The van der Waals surface area contributed by atoms with Crippen LogP contribution in [0.5, 0.6) is 0 Å². The van der Waals surface area contributed by atoms with Gasteiger partial charge in [-0.2, -0.15) is 13.2 Å². The van der Waals surface area contributed by atoms with Gasteiger partial charge in [-0.05, 0) is 12.1 Å². The number of alkyl halides is 3. The second-order valence-electron chi connectivity index (χ2n) is 3.18. The first-order valence-corrected chi connectivity index (χ1v) is 4.76. The van der Waals surface area contributed by atoms with Crippen molar-refractivity contribution < 1.29 is 17.6 Å². The Hall–Kier alpha value is -1.42. The van der Waals surface area contributed by atoms with E-state index >= 15 is 0 Å². The lowest BCUT2D eigenvalue weighted by atomic mass is 10.1. The van der Waals surface area contributed by atoms with Crippen LogP contribution in [0.1, 0.15) is 5.56 Å². The third-order valence-electron chi connectivity index (χ3n) is 2.14. The lowest BCUT2D eigenvalue weighted by molar-refractivity contribution is -0.137. The fraction of sp³-hybridized carbons (Fsp3) is 0.0909. The summed E-state index contributed by atoms with van der Waals surface area (Å²) in [5.41, 5.74) is -0.00536. The Kier molecular flexibility index (Phi) is 2.68. The Morgan fingerprint density at radius 1 is 1.12 bits per heavy atom. The van der Waals surface area contributed by atoms with Gasteiger partial charge in [-0.3, -0.25) is 0 Å². The van der Waals surface area contributed by atoms with E-state index in [1.165, 1.54) is 24.7 Å². The standard InChI is InChI=1S/C11H6ClF3O/c12-10-8(7-4-5-16-6-7)2-1-3-9(10)11(13,14)15/h1-6H. The molecule has 0 saturated heterocycles. The Bertz CT molecular complexity index is 488. The van der Waals surface area contributed by atoms with Crippen molar-refractivity contribution in [3.05, 3.63) is 47.4 Å². The smallest absolute Gasteiger partial charge is 0.417 e. The van der Waals surface area contributed by atoms with E-state index in [-0.39, 0.29) is 5.02 Å². The van der Waals surface area contributed by atoms with Crippen molar-refractivity contribution in [1.82, 2.24) is 0 Å². The average Bonchev–Trinajstić information content (AvgIpc) is 2.69. The Morgan fingerprint density at radius 3 is 2.44 bits per heavy atom. The third kappa shape index (κ3) is 1.93. The maximum atomic E-state index is 12.6. The van der Waals surface area contributed by atoms with Crippen molar-refractivity contribution in [3.8, 4) is 11.1 Å². The van der Waals surface area contributed by atoms with Gasteiger partial charge in [-0.25, -0.2) is 0 Å². The van der Waals surface area contributed by atoms with Crippen LogP contribution in [0, 0.1) is 0 Å². The quantitative estimate of drug-likeness (QED) is 0.716. The van der Waals surface area contributed by atoms with E-state index in [0.29, 0.717) is 11.1 Å². The maximum absolute atomic E-state index is 12.6. The van der Waals surface area contributed by atoms with E-state index in [0.717, 1.165) is 6.07 Å². The molecule has 0 aliphatic rings. The molecule has 1 aromatic heterocycles. The van der Waals surface area contributed by atoms with Gasteiger partial charge in [-0.15, -0.1) is 0 Å². The van der Waals surface area contributed by atoms with Crippen LogP contribution in [-0.4, -0.2) is 0 Å². The van der Waals surface area contributed by atoms with Crippen LogP contribution in [-0.2, 0) is 6.18 Å². The molecule has 2 aromatic rings. The molecule has 0 amide bonds. The summed E-state index contributed by atoms with van der Waals surface area (Å²) >= 11 is 5.72. The van der Waals surface area contributed by atoms with Crippen molar-refractivity contribution in [2.45, 2.75) is 6.18 Å². The molecule has 1 aromatic carbocycles. The number of furan rings is 1. The van der Waals surface area contributed by atoms with Gasteiger partial charge in [-0.1, -0.05) is 23.7 Å². The predicted molar refractivity (Wildman–Crippen MR) is 54.2 cm³/mol. The molecule has 5 heteroatoms. The molecule has 0 atom stereocenters. The van der Waals surface area contributed by atoms with E-state index in [9.17, 15) is 13.2 Å². The monoisotopic (exact) mass is 246 g/mol. The fourth-order valence-corrected chi connectivity index (χ4v) is 1.73. The highest BCUT2D eigenvalue weighted by Gasteiger charge is 2.33. The van der Waals surface area contributed by atoms with E-state index in [2.05, 4.69) is 0 Å². The summed E-state index contributed by atoms with van der Waals surface area (Å²) in [4.78, 5) is 0. The highest BCUT2D eigenvalue weighted by atomic mass is 35.5. The van der Waals surface area contributed by atoms with Crippen LogP contribution >= 0.6 is 11.6 Å². The number of hydrogen-bond donors (Lipinski definition) is 0. The summed E-state index contributed by atoms with van der Waals surface area (Å²) in [7, 11) is 0. The van der Waals surface area contributed by atoms with Gasteiger partial charge in [0.2, 0.25) is 0 Å². The second-order valence-corrected chi connectivity index (χ2v) is 3.55. The summed E-state index contributed by atoms with van der Waals surface area (Å²) in [6.45, 7) is 0. The Morgan fingerprint density at radius 2 is 1.88 bits per heavy atom. The van der Waals surface area contributed by atoms with Crippen LogP contribution in [0.2, 0.25) is 5.02 Å². The zero-order valence-electron chi connectivity index (χ0n) is 7.88. The molecule has 0 N–H and O–H groups in total. The molecule has 0 aliphatic carbocycles. The fourth-order valence-electron chi connectivity index (χ4n) is 1.39. The number of benzene rings is 1. The molecule has 84 valence electrons. The van der Waals surface area contributed by atoms with E-state index < -0.39 is 11.7 Å². The van der Waals surface area contributed by atoms with Gasteiger partial charge in [0, 0.05) is 11.1 Å². The molecule has 16 heavy (non-hydrogen) atoms. The molecule has 0 radical (unpaired) electrons. The van der Waals surface area contributed by atoms with E-state index in [1.54, 1.807) is 6.07 Å². The topological polar surface area (TPSA) is 13.1 Å². The number of halogens is 4. The van der Waals surface area contributed by atoms with Crippen molar-refractivity contribution in [2.75, 3.05) is 0 Å². The van der Waals surface area contributed by atoms with Gasteiger partial charge in [0.25, 0.3) is 0 Å². The van der Waals surface area contributed by atoms with Crippen molar-refractivity contribution in [3.63, 3.8) is 0 Å². The highest BCUT2D eigenvalue weighted by molar-refractivity contribution is 6.34. The summed E-state index contributed by atoms with van der Waals surface area (Å²) in [5, 5.41) is -0.309. The van der Waals surface area contributed by atoms with Gasteiger partial charge >= 0.3 is 6.18 Å². The van der Waals surface area contributed by atoms with Crippen LogP contribution in [0.15, 0.2) is 41.2 Å². The molecule has 0 saturated carbocycles. The SMILES string of the molecule is FC(F)(F)c1cccc(-c2ccoc2)c1Cl. The Balaban J connectivity index is 2.58. The van der Waals surface area contributed by atoms with Gasteiger partial charge in [0.15, 0.2) is 0 Å². The van der Waals surface area contributed by atoms with Crippen molar-refractivity contribution in [2.24, 2.45) is 0 Å². The van der Waals surface area contributed by atoms with Crippen molar-refractivity contribution in [1.29, 1.82) is 0 Å². The minimum Gasteiger partial charge on any atom is -0.472 e. The minimum absolute atomic E-state index is 0.309.